The number of amides is 1. The predicted octanol–water partition coefficient (Wildman–Crippen LogP) is 2.43. The maximum Gasteiger partial charge on any atom is 0.257 e. The zero-order valence-electron chi connectivity index (χ0n) is 14.2. The van der Waals surface area contributed by atoms with Crippen molar-refractivity contribution in [2.45, 2.75) is 45.8 Å². The van der Waals surface area contributed by atoms with Gasteiger partial charge in [0.25, 0.3) is 5.91 Å². The van der Waals surface area contributed by atoms with E-state index in [2.05, 4.69) is 14.5 Å². The van der Waals surface area contributed by atoms with Gasteiger partial charge >= 0.3 is 0 Å². The molecule has 0 spiro atoms. The Labute approximate surface area is 142 Å². The van der Waals surface area contributed by atoms with Crippen molar-refractivity contribution in [3.63, 3.8) is 0 Å². The van der Waals surface area contributed by atoms with Crippen molar-refractivity contribution in [1.29, 1.82) is 0 Å². The van der Waals surface area contributed by atoms with E-state index < -0.39 is 0 Å². The molecule has 2 aromatic rings. The highest BCUT2D eigenvalue weighted by molar-refractivity contribution is 5.95. The van der Waals surface area contributed by atoms with Crippen LogP contribution in [-0.2, 0) is 19.6 Å². The maximum atomic E-state index is 12.8. The van der Waals surface area contributed by atoms with Crippen LogP contribution in [0, 0.1) is 6.92 Å². The Morgan fingerprint density at radius 3 is 2.79 bits per heavy atom. The van der Waals surface area contributed by atoms with Crippen molar-refractivity contribution in [1.82, 2.24) is 19.4 Å². The van der Waals surface area contributed by atoms with E-state index in [4.69, 9.17) is 4.42 Å². The zero-order valence-corrected chi connectivity index (χ0v) is 14.2. The first-order valence-electron chi connectivity index (χ1n) is 8.81. The fraction of sp³-hybridized carbons (Fsp3) is 0.556. The molecule has 0 radical (unpaired) electrons. The van der Waals surface area contributed by atoms with E-state index in [1.165, 1.54) is 18.5 Å². The summed E-state index contributed by atoms with van der Waals surface area (Å²) in [5, 5.41) is 0. The standard InChI is InChI=1S/C18H24N4O2/c1-14-15(5-10-24-14)18(23)21-8-4-9-22-13-19-16(17(22)12-21)11-20-6-2-3-7-20/h5,10,13H,2-4,6-9,11-12H2,1H3. The third-order valence-electron chi connectivity index (χ3n) is 5.15. The lowest BCUT2D eigenvalue weighted by molar-refractivity contribution is 0.0743. The molecule has 1 fully saturated rings. The third-order valence-corrected chi connectivity index (χ3v) is 5.15. The number of rotatable bonds is 3. The van der Waals surface area contributed by atoms with Crippen molar-refractivity contribution in [3.05, 3.63) is 41.4 Å². The molecule has 0 saturated carbocycles. The van der Waals surface area contributed by atoms with E-state index >= 15 is 0 Å². The van der Waals surface area contributed by atoms with E-state index in [0.29, 0.717) is 17.9 Å². The van der Waals surface area contributed by atoms with Gasteiger partial charge < -0.3 is 13.9 Å². The molecule has 24 heavy (non-hydrogen) atoms. The van der Waals surface area contributed by atoms with Crippen LogP contribution in [0.4, 0.5) is 0 Å². The Morgan fingerprint density at radius 1 is 1.21 bits per heavy atom. The van der Waals surface area contributed by atoms with Gasteiger partial charge in [-0.1, -0.05) is 0 Å². The van der Waals surface area contributed by atoms with E-state index in [1.54, 1.807) is 12.3 Å². The average molecular weight is 328 g/mol. The molecule has 2 aliphatic heterocycles. The van der Waals surface area contributed by atoms with Gasteiger partial charge in [-0.25, -0.2) is 4.98 Å². The number of carbonyl (C=O) groups is 1. The van der Waals surface area contributed by atoms with Crippen LogP contribution in [0.1, 0.15) is 46.8 Å². The summed E-state index contributed by atoms with van der Waals surface area (Å²) >= 11 is 0. The van der Waals surface area contributed by atoms with E-state index in [0.717, 1.165) is 44.8 Å². The number of hydrogen-bond acceptors (Lipinski definition) is 4. The number of fused-ring (bicyclic) bond motifs is 1. The summed E-state index contributed by atoms with van der Waals surface area (Å²) in [4.78, 5) is 21.9. The van der Waals surface area contributed by atoms with Gasteiger partial charge in [0.1, 0.15) is 5.76 Å². The number of hydrogen-bond donors (Lipinski definition) is 0. The topological polar surface area (TPSA) is 54.5 Å². The summed E-state index contributed by atoms with van der Waals surface area (Å²) in [7, 11) is 0. The highest BCUT2D eigenvalue weighted by atomic mass is 16.3. The summed E-state index contributed by atoms with van der Waals surface area (Å²) in [5.74, 6) is 0.748. The minimum atomic E-state index is 0.0584. The molecule has 1 amide bonds. The third kappa shape index (κ3) is 2.86. The van der Waals surface area contributed by atoms with Crippen LogP contribution in [0.5, 0.6) is 0 Å². The van der Waals surface area contributed by atoms with E-state index in [1.807, 2.05) is 18.2 Å². The molecule has 2 aromatic heterocycles. The average Bonchev–Trinajstić information content (AvgIpc) is 3.28. The molecule has 0 aliphatic carbocycles. The summed E-state index contributed by atoms with van der Waals surface area (Å²) in [5.41, 5.74) is 2.98. The summed E-state index contributed by atoms with van der Waals surface area (Å²) < 4.78 is 7.53. The summed E-state index contributed by atoms with van der Waals surface area (Å²) in [6.07, 6.45) is 7.04. The maximum absolute atomic E-state index is 12.8. The molecule has 0 unspecified atom stereocenters. The molecule has 4 heterocycles. The first-order chi connectivity index (χ1) is 11.7. The van der Waals surface area contributed by atoms with Gasteiger partial charge in [-0.2, -0.15) is 0 Å². The molecular formula is C18H24N4O2. The Balaban J connectivity index is 1.56. The van der Waals surface area contributed by atoms with E-state index in [9.17, 15) is 4.79 Å². The monoisotopic (exact) mass is 328 g/mol. The Kier molecular flexibility index (Phi) is 4.14. The van der Waals surface area contributed by atoms with Crippen molar-refractivity contribution in [2.75, 3.05) is 19.6 Å². The molecule has 128 valence electrons. The number of imidazole rings is 1. The van der Waals surface area contributed by atoms with E-state index in [-0.39, 0.29) is 5.91 Å². The Bertz CT molecular complexity index is 727. The largest absolute Gasteiger partial charge is 0.469 e. The van der Waals surface area contributed by atoms with Crippen LogP contribution >= 0.6 is 0 Å². The fourth-order valence-electron chi connectivity index (χ4n) is 3.75. The lowest BCUT2D eigenvalue weighted by Gasteiger charge is -2.21. The molecule has 1 saturated heterocycles. The van der Waals surface area contributed by atoms with Gasteiger partial charge in [-0.05, 0) is 45.3 Å². The normalized spacial score (nSPS) is 18.6. The zero-order chi connectivity index (χ0) is 16.5. The first-order valence-corrected chi connectivity index (χ1v) is 8.81. The fourth-order valence-corrected chi connectivity index (χ4v) is 3.75. The van der Waals surface area contributed by atoms with Gasteiger partial charge in [-0.3, -0.25) is 9.69 Å². The van der Waals surface area contributed by atoms with Crippen LogP contribution in [0.3, 0.4) is 0 Å². The molecule has 0 N–H and O–H groups in total. The molecule has 4 rings (SSSR count). The smallest absolute Gasteiger partial charge is 0.257 e. The van der Waals surface area contributed by atoms with Crippen LogP contribution in [0.2, 0.25) is 0 Å². The molecule has 6 heteroatoms. The van der Waals surface area contributed by atoms with Gasteiger partial charge in [0.15, 0.2) is 0 Å². The number of likely N-dealkylation sites (tertiary alicyclic amines) is 1. The molecule has 0 aromatic carbocycles. The minimum absolute atomic E-state index is 0.0584. The summed E-state index contributed by atoms with van der Waals surface area (Å²) in [6.45, 7) is 7.38. The van der Waals surface area contributed by atoms with Crippen LogP contribution in [0.25, 0.3) is 0 Å². The summed E-state index contributed by atoms with van der Waals surface area (Å²) in [6, 6.07) is 1.77. The van der Waals surface area contributed by atoms with Crippen LogP contribution in [-0.4, -0.2) is 44.9 Å². The SMILES string of the molecule is Cc1occc1C(=O)N1CCCn2cnc(CN3CCCC3)c2C1. The lowest BCUT2D eigenvalue weighted by Crippen LogP contribution is -2.31. The quantitative estimate of drug-likeness (QED) is 0.868. The second-order valence-electron chi connectivity index (χ2n) is 6.79. The molecule has 6 nitrogen and oxygen atoms in total. The highest BCUT2D eigenvalue weighted by Gasteiger charge is 2.25. The van der Waals surface area contributed by atoms with Gasteiger partial charge in [0, 0.05) is 19.6 Å². The molecule has 2 aliphatic rings. The van der Waals surface area contributed by atoms with Crippen molar-refractivity contribution in [3.8, 4) is 0 Å². The van der Waals surface area contributed by atoms with Crippen LogP contribution in [0.15, 0.2) is 23.1 Å². The molecule has 0 bridgehead atoms. The van der Waals surface area contributed by atoms with Gasteiger partial charge in [0.05, 0.1) is 36.1 Å². The van der Waals surface area contributed by atoms with Crippen molar-refractivity contribution < 1.29 is 9.21 Å². The van der Waals surface area contributed by atoms with Gasteiger partial charge in [0.2, 0.25) is 0 Å². The van der Waals surface area contributed by atoms with Crippen molar-refractivity contribution in [2.24, 2.45) is 0 Å². The predicted molar refractivity (Wildman–Crippen MR) is 89.5 cm³/mol. The highest BCUT2D eigenvalue weighted by Crippen LogP contribution is 2.22. The second kappa shape index (κ2) is 6.43. The van der Waals surface area contributed by atoms with Crippen molar-refractivity contribution >= 4 is 5.91 Å². The number of nitrogens with zero attached hydrogens (tertiary/aromatic N) is 4. The minimum Gasteiger partial charge on any atom is -0.469 e. The van der Waals surface area contributed by atoms with Gasteiger partial charge in [-0.15, -0.1) is 0 Å². The Hall–Kier alpha value is -2.08. The molecule has 0 atom stereocenters. The number of carbonyl (C=O) groups excluding carboxylic acids is 1. The number of aromatic nitrogens is 2. The number of aryl methyl sites for hydroxylation is 2. The number of furan rings is 1. The first kappa shape index (κ1) is 15.4. The van der Waals surface area contributed by atoms with Crippen LogP contribution < -0.4 is 0 Å². The molecular weight excluding hydrogens is 304 g/mol. The second-order valence-corrected chi connectivity index (χ2v) is 6.79. The lowest BCUT2D eigenvalue weighted by atomic mass is 10.2. The Morgan fingerprint density at radius 2 is 2.04 bits per heavy atom.